The van der Waals surface area contributed by atoms with Crippen molar-refractivity contribution in [2.24, 2.45) is 0 Å². The van der Waals surface area contributed by atoms with Crippen molar-refractivity contribution in [1.82, 2.24) is 0 Å². The van der Waals surface area contributed by atoms with E-state index < -0.39 is 0 Å². The molecule has 1 atom stereocenters. The molecule has 2 rings (SSSR count). The van der Waals surface area contributed by atoms with Crippen molar-refractivity contribution in [3.8, 4) is 11.8 Å². The van der Waals surface area contributed by atoms with E-state index in [4.69, 9.17) is 10.00 Å². The highest BCUT2D eigenvalue weighted by molar-refractivity contribution is 5.51. The predicted molar refractivity (Wildman–Crippen MR) is 49.8 cm³/mol. The smallest absolute Gasteiger partial charge is 0.122 e. The van der Waals surface area contributed by atoms with Crippen molar-refractivity contribution >= 4 is 0 Å². The van der Waals surface area contributed by atoms with E-state index in [1.54, 1.807) is 7.11 Å². The van der Waals surface area contributed by atoms with Crippen molar-refractivity contribution in [2.75, 3.05) is 7.11 Å². The van der Waals surface area contributed by atoms with E-state index in [1.807, 2.05) is 13.0 Å². The van der Waals surface area contributed by atoms with Crippen molar-refractivity contribution < 1.29 is 4.74 Å². The summed E-state index contributed by atoms with van der Waals surface area (Å²) in [5.41, 5.74) is 3.59. The average molecular weight is 173 g/mol. The van der Waals surface area contributed by atoms with E-state index in [2.05, 4.69) is 12.1 Å². The first kappa shape index (κ1) is 8.12. The second-order valence-electron chi connectivity index (χ2n) is 3.41. The highest BCUT2D eigenvalue weighted by Gasteiger charge is 2.26. The Balaban J connectivity index is 2.46. The van der Waals surface area contributed by atoms with Gasteiger partial charge in [-0.05, 0) is 36.1 Å². The molecule has 2 heteroatoms. The minimum atomic E-state index is 0.0875. The molecule has 0 bridgehead atoms. The SMILES string of the molecule is COc1cc2c(cc1C)CC2C#N. The number of fused-ring (bicyclic) bond motifs is 1. The Bertz CT molecular complexity index is 390. The number of benzene rings is 1. The van der Waals surface area contributed by atoms with E-state index in [0.29, 0.717) is 0 Å². The lowest BCUT2D eigenvalue weighted by Crippen LogP contribution is -2.15. The van der Waals surface area contributed by atoms with E-state index in [-0.39, 0.29) is 5.92 Å². The van der Waals surface area contributed by atoms with Crippen LogP contribution in [0.1, 0.15) is 22.6 Å². The zero-order valence-corrected chi connectivity index (χ0v) is 7.79. The Morgan fingerprint density at radius 3 is 2.92 bits per heavy atom. The lowest BCUT2D eigenvalue weighted by Gasteiger charge is -2.25. The van der Waals surface area contributed by atoms with Gasteiger partial charge in [0.05, 0.1) is 19.1 Å². The average Bonchev–Trinajstić information content (AvgIpc) is 2.11. The molecular weight excluding hydrogens is 162 g/mol. The molecule has 0 heterocycles. The first-order chi connectivity index (χ1) is 6.26. The van der Waals surface area contributed by atoms with Gasteiger partial charge in [-0.3, -0.25) is 0 Å². The normalized spacial score (nSPS) is 18.4. The fourth-order valence-corrected chi connectivity index (χ4v) is 1.80. The number of nitriles is 1. The van der Waals surface area contributed by atoms with Crippen LogP contribution in [0.25, 0.3) is 0 Å². The fraction of sp³-hybridized carbons (Fsp3) is 0.364. The monoisotopic (exact) mass is 173 g/mol. The van der Waals surface area contributed by atoms with Crippen LogP contribution in [0.5, 0.6) is 5.75 Å². The first-order valence-electron chi connectivity index (χ1n) is 4.33. The van der Waals surface area contributed by atoms with Crippen LogP contribution >= 0.6 is 0 Å². The number of hydrogen-bond donors (Lipinski definition) is 0. The first-order valence-corrected chi connectivity index (χ1v) is 4.33. The van der Waals surface area contributed by atoms with E-state index in [0.717, 1.165) is 23.3 Å². The van der Waals surface area contributed by atoms with Crippen LogP contribution in [0, 0.1) is 18.3 Å². The van der Waals surface area contributed by atoms with Gasteiger partial charge in [-0.25, -0.2) is 0 Å². The third-order valence-corrected chi connectivity index (χ3v) is 2.61. The second kappa shape index (κ2) is 2.77. The summed E-state index contributed by atoms with van der Waals surface area (Å²) in [6, 6.07) is 6.37. The third-order valence-electron chi connectivity index (χ3n) is 2.61. The number of ether oxygens (including phenoxy) is 1. The van der Waals surface area contributed by atoms with Crippen LogP contribution in [0.4, 0.5) is 0 Å². The Labute approximate surface area is 77.8 Å². The van der Waals surface area contributed by atoms with Crippen LogP contribution in [0.15, 0.2) is 12.1 Å². The quantitative estimate of drug-likeness (QED) is 0.652. The molecule has 0 saturated carbocycles. The second-order valence-corrected chi connectivity index (χ2v) is 3.41. The molecule has 1 aliphatic rings. The van der Waals surface area contributed by atoms with Gasteiger partial charge in [-0.1, -0.05) is 6.07 Å². The number of methoxy groups -OCH3 is 1. The van der Waals surface area contributed by atoms with E-state index >= 15 is 0 Å². The minimum Gasteiger partial charge on any atom is -0.496 e. The molecule has 0 fully saturated rings. The van der Waals surface area contributed by atoms with Gasteiger partial charge in [0.2, 0.25) is 0 Å². The molecule has 13 heavy (non-hydrogen) atoms. The molecule has 1 aromatic rings. The van der Waals surface area contributed by atoms with Crippen LogP contribution in [0.3, 0.4) is 0 Å². The summed E-state index contributed by atoms with van der Waals surface area (Å²) >= 11 is 0. The van der Waals surface area contributed by atoms with Crippen molar-refractivity contribution in [2.45, 2.75) is 19.3 Å². The van der Waals surface area contributed by atoms with Gasteiger partial charge in [0.1, 0.15) is 5.75 Å². The number of hydrogen-bond acceptors (Lipinski definition) is 2. The van der Waals surface area contributed by atoms with Crippen LogP contribution in [-0.2, 0) is 6.42 Å². The summed E-state index contributed by atoms with van der Waals surface area (Å²) in [4.78, 5) is 0. The van der Waals surface area contributed by atoms with Gasteiger partial charge in [0.25, 0.3) is 0 Å². The van der Waals surface area contributed by atoms with Crippen LogP contribution < -0.4 is 4.74 Å². The minimum absolute atomic E-state index is 0.0875. The molecule has 2 nitrogen and oxygen atoms in total. The molecule has 0 spiro atoms. The third kappa shape index (κ3) is 1.08. The molecule has 1 aliphatic carbocycles. The molecule has 1 unspecified atom stereocenters. The summed E-state index contributed by atoms with van der Waals surface area (Å²) in [6.45, 7) is 2.03. The van der Waals surface area contributed by atoms with Gasteiger partial charge in [-0.15, -0.1) is 0 Å². The maximum absolute atomic E-state index is 8.77. The highest BCUT2D eigenvalue weighted by Crippen LogP contribution is 2.38. The largest absolute Gasteiger partial charge is 0.496 e. The van der Waals surface area contributed by atoms with Gasteiger partial charge >= 0.3 is 0 Å². The van der Waals surface area contributed by atoms with Gasteiger partial charge < -0.3 is 4.74 Å². The molecule has 0 amide bonds. The maximum Gasteiger partial charge on any atom is 0.122 e. The van der Waals surface area contributed by atoms with Crippen molar-refractivity contribution in [3.63, 3.8) is 0 Å². The Morgan fingerprint density at radius 1 is 1.54 bits per heavy atom. The van der Waals surface area contributed by atoms with Crippen molar-refractivity contribution in [1.29, 1.82) is 5.26 Å². The molecule has 0 N–H and O–H groups in total. The van der Waals surface area contributed by atoms with Gasteiger partial charge in [-0.2, -0.15) is 5.26 Å². The molecule has 0 aliphatic heterocycles. The number of rotatable bonds is 1. The molecule has 0 radical (unpaired) electrons. The van der Waals surface area contributed by atoms with E-state index in [9.17, 15) is 0 Å². The van der Waals surface area contributed by atoms with Gasteiger partial charge in [0.15, 0.2) is 0 Å². The summed E-state index contributed by atoms with van der Waals surface area (Å²) in [7, 11) is 1.66. The number of nitrogens with zero attached hydrogens (tertiary/aromatic N) is 1. The molecule has 0 aromatic heterocycles. The fourth-order valence-electron chi connectivity index (χ4n) is 1.80. The lowest BCUT2D eigenvalue weighted by atomic mass is 9.77. The number of aryl methyl sites for hydroxylation is 1. The lowest BCUT2D eigenvalue weighted by molar-refractivity contribution is 0.410. The van der Waals surface area contributed by atoms with Crippen LogP contribution in [-0.4, -0.2) is 7.11 Å². The highest BCUT2D eigenvalue weighted by atomic mass is 16.5. The molecular formula is C11H11NO. The summed E-state index contributed by atoms with van der Waals surface area (Å²) in [5.74, 6) is 0.975. The van der Waals surface area contributed by atoms with E-state index in [1.165, 1.54) is 5.56 Å². The topological polar surface area (TPSA) is 33.0 Å². The summed E-state index contributed by atoms with van der Waals surface area (Å²) in [5, 5.41) is 8.77. The van der Waals surface area contributed by atoms with Gasteiger partial charge in [0, 0.05) is 0 Å². The van der Waals surface area contributed by atoms with Crippen molar-refractivity contribution in [3.05, 3.63) is 28.8 Å². The maximum atomic E-state index is 8.77. The molecule has 66 valence electrons. The predicted octanol–water partition coefficient (Wildman–Crippen LogP) is 2.17. The standard InChI is InChI=1S/C11H11NO/c1-7-3-8-4-9(6-12)10(8)5-11(7)13-2/h3,5,9H,4H2,1-2H3. The zero-order chi connectivity index (χ0) is 9.42. The Kier molecular flexibility index (Phi) is 1.73. The molecule has 1 aromatic carbocycles. The van der Waals surface area contributed by atoms with Crippen LogP contribution in [0.2, 0.25) is 0 Å². The Morgan fingerprint density at radius 2 is 2.31 bits per heavy atom. The summed E-state index contributed by atoms with van der Waals surface area (Å²) < 4.78 is 5.20. The summed E-state index contributed by atoms with van der Waals surface area (Å²) in [6.07, 6.45) is 0.899. The Hall–Kier alpha value is -1.49. The molecule has 0 saturated heterocycles. The zero-order valence-electron chi connectivity index (χ0n) is 7.79.